The molecule has 0 fully saturated rings. The third-order valence-electron chi connectivity index (χ3n) is 3.46. The van der Waals surface area contributed by atoms with Gasteiger partial charge in [0.15, 0.2) is 0 Å². The molecule has 3 rings (SSSR count). The molecule has 1 N–H and O–H groups in total. The molecule has 0 atom stereocenters. The first-order chi connectivity index (χ1) is 10.0. The Balaban J connectivity index is 2.35. The van der Waals surface area contributed by atoms with E-state index in [0.717, 1.165) is 15.9 Å². The first-order valence-electron chi connectivity index (χ1n) is 6.33. The van der Waals surface area contributed by atoms with Crippen molar-refractivity contribution >= 4 is 11.0 Å². The molecule has 0 saturated heterocycles. The van der Waals surface area contributed by atoms with E-state index in [4.69, 9.17) is 4.74 Å². The second-order valence-corrected chi connectivity index (χ2v) is 4.72. The molecule has 3 aromatic rings. The van der Waals surface area contributed by atoms with Crippen LogP contribution in [0.3, 0.4) is 0 Å². The Kier molecular flexibility index (Phi) is 2.90. The fourth-order valence-corrected chi connectivity index (χ4v) is 2.27. The molecule has 21 heavy (non-hydrogen) atoms. The van der Waals surface area contributed by atoms with Crippen LogP contribution in [0.15, 0.2) is 33.9 Å². The summed E-state index contributed by atoms with van der Waals surface area (Å²) in [6.07, 6.45) is 0. The number of aromatic nitrogens is 4. The van der Waals surface area contributed by atoms with Crippen LogP contribution in [0, 0.1) is 0 Å². The zero-order valence-electron chi connectivity index (χ0n) is 11.9. The van der Waals surface area contributed by atoms with Gasteiger partial charge in [-0.1, -0.05) is 0 Å². The highest BCUT2D eigenvalue weighted by Gasteiger charge is 2.16. The topological polar surface area (TPSA) is 81.9 Å². The maximum Gasteiger partial charge on any atom is 0.329 e. The number of hydrogen-bond donors (Lipinski definition) is 1. The van der Waals surface area contributed by atoms with Crippen LogP contribution in [0.2, 0.25) is 0 Å². The third-order valence-corrected chi connectivity index (χ3v) is 3.46. The van der Waals surface area contributed by atoms with Crippen LogP contribution in [0.25, 0.3) is 22.3 Å². The van der Waals surface area contributed by atoms with E-state index in [1.165, 1.54) is 11.7 Å². The Morgan fingerprint density at radius 2 is 1.81 bits per heavy atom. The van der Waals surface area contributed by atoms with Gasteiger partial charge in [-0.25, -0.2) is 4.79 Å². The minimum Gasteiger partial charge on any atom is -0.497 e. The normalized spacial score (nSPS) is 11.0. The van der Waals surface area contributed by atoms with E-state index >= 15 is 0 Å². The fourth-order valence-electron chi connectivity index (χ4n) is 2.27. The number of aromatic amines is 1. The molecule has 0 unspecified atom stereocenters. The predicted molar refractivity (Wildman–Crippen MR) is 78.6 cm³/mol. The van der Waals surface area contributed by atoms with Gasteiger partial charge < -0.3 is 4.74 Å². The number of aryl methyl sites for hydroxylation is 1. The lowest BCUT2D eigenvalue weighted by Gasteiger charge is -2.01. The van der Waals surface area contributed by atoms with Crippen LogP contribution in [0.1, 0.15) is 0 Å². The van der Waals surface area contributed by atoms with Crippen molar-refractivity contribution in [2.75, 3.05) is 7.11 Å². The summed E-state index contributed by atoms with van der Waals surface area (Å²) < 4.78 is 7.65. The number of hydrogen-bond acceptors (Lipinski definition) is 4. The SMILES string of the molecule is COc1ccc(-c2nn(C)c3[nH]c(=O)n(C)c(=O)c23)cc1. The lowest BCUT2D eigenvalue weighted by Crippen LogP contribution is -2.32. The van der Waals surface area contributed by atoms with Crippen molar-refractivity contribution in [1.29, 1.82) is 0 Å². The lowest BCUT2D eigenvalue weighted by atomic mass is 10.1. The van der Waals surface area contributed by atoms with E-state index in [2.05, 4.69) is 10.1 Å². The molecule has 1 aromatic carbocycles. The number of benzene rings is 1. The largest absolute Gasteiger partial charge is 0.497 e. The molecule has 108 valence electrons. The number of fused-ring (bicyclic) bond motifs is 1. The van der Waals surface area contributed by atoms with Crippen molar-refractivity contribution in [2.24, 2.45) is 14.1 Å². The van der Waals surface area contributed by atoms with Crippen LogP contribution in [0.4, 0.5) is 0 Å². The number of rotatable bonds is 2. The zero-order valence-corrected chi connectivity index (χ0v) is 11.9. The van der Waals surface area contributed by atoms with Gasteiger partial charge in [0.2, 0.25) is 0 Å². The van der Waals surface area contributed by atoms with E-state index in [1.807, 2.05) is 12.1 Å². The first-order valence-corrected chi connectivity index (χ1v) is 6.33. The summed E-state index contributed by atoms with van der Waals surface area (Å²) in [7, 11) is 4.71. The Hall–Kier alpha value is -2.83. The number of methoxy groups -OCH3 is 1. The molecule has 0 radical (unpaired) electrons. The molecule has 2 heterocycles. The van der Waals surface area contributed by atoms with Gasteiger partial charge in [-0.15, -0.1) is 0 Å². The van der Waals surface area contributed by atoms with E-state index < -0.39 is 5.69 Å². The first kappa shape index (κ1) is 13.2. The number of H-pyrrole nitrogens is 1. The van der Waals surface area contributed by atoms with Gasteiger partial charge >= 0.3 is 5.69 Å². The van der Waals surface area contributed by atoms with Crippen molar-refractivity contribution in [1.82, 2.24) is 19.3 Å². The molecular weight excluding hydrogens is 272 g/mol. The van der Waals surface area contributed by atoms with Crippen LogP contribution in [0.5, 0.6) is 5.75 Å². The van der Waals surface area contributed by atoms with Crippen LogP contribution in [-0.4, -0.2) is 26.4 Å². The summed E-state index contributed by atoms with van der Waals surface area (Å²) in [6.45, 7) is 0. The summed E-state index contributed by atoms with van der Waals surface area (Å²) >= 11 is 0. The molecular formula is C14H14N4O3. The molecule has 0 amide bonds. The minimum absolute atomic E-state index is 0.368. The van der Waals surface area contributed by atoms with Crippen molar-refractivity contribution < 1.29 is 4.74 Å². The maximum atomic E-state index is 12.3. The van der Waals surface area contributed by atoms with E-state index in [-0.39, 0.29) is 5.56 Å². The van der Waals surface area contributed by atoms with Gasteiger partial charge in [0.05, 0.1) is 7.11 Å². The Morgan fingerprint density at radius 3 is 2.43 bits per heavy atom. The Labute approximate surface area is 119 Å². The summed E-state index contributed by atoms with van der Waals surface area (Å²) in [5.74, 6) is 0.722. The van der Waals surface area contributed by atoms with E-state index in [1.54, 1.807) is 26.3 Å². The van der Waals surface area contributed by atoms with Gasteiger partial charge in [0.1, 0.15) is 22.5 Å². The predicted octanol–water partition coefficient (Wildman–Crippen LogP) is 0.636. The number of ether oxygens (including phenoxy) is 1. The van der Waals surface area contributed by atoms with Gasteiger partial charge in [0, 0.05) is 19.7 Å². The molecule has 0 aliphatic heterocycles. The molecule has 0 aliphatic carbocycles. The Morgan fingerprint density at radius 1 is 1.14 bits per heavy atom. The zero-order chi connectivity index (χ0) is 15.1. The summed E-state index contributed by atoms with van der Waals surface area (Å²) in [4.78, 5) is 26.7. The van der Waals surface area contributed by atoms with Crippen LogP contribution < -0.4 is 16.0 Å². The monoisotopic (exact) mass is 286 g/mol. The van der Waals surface area contributed by atoms with Crippen molar-refractivity contribution in [3.63, 3.8) is 0 Å². The molecule has 7 heteroatoms. The molecule has 0 aliphatic rings. The standard InChI is InChI=1S/C14H14N4O3/c1-17-13(19)10-11(8-4-6-9(21-3)7-5-8)16-18(2)12(10)15-14(17)20/h4-7H,1-3H3,(H,15,20). The average Bonchev–Trinajstić information content (AvgIpc) is 2.82. The molecule has 0 bridgehead atoms. The van der Waals surface area contributed by atoms with Crippen molar-refractivity contribution in [3.8, 4) is 17.0 Å². The second kappa shape index (κ2) is 4.62. The molecule has 2 aromatic heterocycles. The lowest BCUT2D eigenvalue weighted by molar-refractivity contribution is 0.415. The summed E-state index contributed by atoms with van der Waals surface area (Å²) in [5.41, 5.74) is 0.899. The summed E-state index contributed by atoms with van der Waals surface area (Å²) in [5, 5.41) is 4.74. The quantitative estimate of drug-likeness (QED) is 0.749. The Bertz CT molecular complexity index is 932. The van der Waals surface area contributed by atoms with Gasteiger partial charge in [0.25, 0.3) is 5.56 Å². The molecule has 0 spiro atoms. The smallest absolute Gasteiger partial charge is 0.329 e. The van der Waals surface area contributed by atoms with Gasteiger partial charge in [-0.05, 0) is 24.3 Å². The number of nitrogens with one attached hydrogen (secondary N) is 1. The van der Waals surface area contributed by atoms with Crippen LogP contribution in [-0.2, 0) is 14.1 Å². The van der Waals surface area contributed by atoms with Crippen molar-refractivity contribution in [2.45, 2.75) is 0 Å². The third kappa shape index (κ3) is 1.94. The highest BCUT2D eigenvalue weighted by Crippen LogP contribution is 2.25. The molecule has 7 nitrogen and oxygen atoms in total. The van der Waals surface area contributed by atoms with E-state index in [9.17, 15) is 9.59 Å². The molecule has 0 saturated carbocycles. The summed E-state index contributed by atoms with van der Waals surface area (Å²) in [6, 6.07) is 7.24. The van der Waals surface area contributed by atoms with Gasteiger partial charge in [-0.2, -0.15) is 5.10 Å². The fraction of sp³-hybridized carbons (Fsp3) is 0.214. The highest BCUT2D eigenvalue weighted by atomic mass is 16.5. The van der Waals surface area contributed by atoms with Crippen molar-refractivity contribution in [3.05, 3.63) is 45.1 Å². The van der Waals surface area contributed by atoms with Crippen LogP contribution >= 0.6 is 0 Å². The van der Waals surface area contributed by atoms with Gasteiger partial charge in [-0.3, -0.25) is 19.0 Å². The minimum atomic E-state index is -0.461. The number of nitrogens with zero attached hydrogens (tertiary/aromatic N) is 3. The average molecular weight is 286 g/mol. The highest BCUT2D eigenvalue weighted by molar-refractivity contribution is 5.90. The van der Waals surface area contributed by atoms with E-state index in [0.29, 0.717) is 16.7 Å². The maximum absolute atomic E-state index is 12.3. The second-order valence-electron chi connectivity index (χ2n) is 4.72.